The average molecular weight is 272 g/mol. The minimum Gasteiger partial charge on any atom is -0.312 e. The first-order valence-corrected chi connectivity index (χ1v) is 7.56. The van der Waals surface area contributed by atoms with Gasteiger partial charge in [0.15, 0.2) is 0 Å². The number of halogens is 1. The lowest BCUT2D eigenvalue weighted by molar-refractivity contribution is 0.660. The Morgan fingerprint density at radius 3 is 2.65 bits per heavy atom. The summed E-state index contributed by atoms with van der Waals surface area (Å²) in [7, 11) is 2.01. The molecule has 0 aliphatic carbocycles. The Morgan fingerprint density at radius 2 is 2.12 bits per heavy atom. The average Bonchev–Trinajstić information content (AvgIpc) is 2.33. The van der Waals surface area contributed by atoms with Crippen molar-refractivity contribution < 1.29 is 0 Å². The van der Waals surface area contributed by atoms with Crippen LogP contribution >= 0.6 is 23.4 Å². The van der Waals surface area contributed by atoms with Crippen LogP contribution in [0.5, 0.6) is 0 Å². The summed E-state index contributed by atoms with van der Waals surface area (Å²) in [4.78, 5) is 0. The van der Waals surface area contributed by atoms with Gasteiger partial charge in [-0.05, 0) is 37.6 Å². The second-order valence-corrected chi connectivity index (χ2v) is 6.28. The molecule has 96 valence electrons. The highest BCUT2D eigenvalue weighted by Crippen LogP contribution is 2.25. The number of benzene rings is 1. The van der Waals surface area contributed by atoms with Gasteiger partial charge in [-0.2, -0.15) is 11.8 Å². The molecule has 1 aromatic carbocycles. The minimum absolute atomic E-state index is 0.382. The van der Waals surface area contributed by atoms with Gasteiger partial charge in [0, 0.05) is 22.1 Å². The van der Waals surface area contributed by atoms with Crippen LogP contribution in [0.1, 0.15) is 37.4 Å². The topological polar surface area (TPSA) is 12.0 Å². The first kappa shape index (κ1) is 14.9. The Kier molecular flexibility index (Phi) is 6.39. The van der Waals surface area contributed by atoms with Crippen LogP contribution in [-0.4, -0.2) is 18.1 Å². The van der Waals surface area contributed by atoms with Crippen molar-refractivity contribution in [1.82, 2.24) is 5.32 Å². The lowest BCUT2D eigenvalue weighted by atomic mass is 10.1. The molecule has 0 fully saturated rings. The van der Waals surface area contributed by atoms with Gasteiger partial charge in [-0.1, -0.05) is 37.6 Å². The van der Waals surface area contributed by atoms with Crippen molar-refractivity contribution >= 4 is 23.4 Å². The van der Waals surface area contributed by atoms with E-state index in [4.69, 9.17) is 11.6 Å². The molecule has 1 aromatic rings. The minimum atomic E-state index is 0.382. The summed E-state index contributed by atoms with van der Waals surface area (Å²) in [6.45, 7) is 6.54. The largest absolute Gasteiger partial charge is 0.312 e. The van der Waals surface area contributed by atoms with E-state index in [0.29, 0.717) is 11.3 Å². The molecule has 17 heavy (non-hydrogen) atoms. The monoisotopic (exact) mass is 271 g/mol. The van der Waals surface area contributed by atoms with Crippen molar-refractivity contribution in [2.24, 2.45) is 0 Å². The first-order valence-electron chi connectivity index (χ1n) is 6.13. The highest BCUT2D eigenvalue weighted by molar-refractivity contribution is 7.99. The molecule has 0 heterocycles. The number of aryl methyl sites for hydroxylation is 1. The fraction of sp³-hybridized carbons (Fsp3) is 0.571. The molecule has 0 aliphatic heterocycles. The van der Waals surface area contributed by atoms with E-state index in [2.05, 4.69) is 37.4 Å². The summed E-state index contributed by atoms with van der Waals surface area (Å²) in [6.07, 6.45) is 1.22. The molecule has 0 radical (unpaired) electrons. The molecule has 1 nitrogen and oxygen atoms in total. The third-order valence-electron chi connectivity index (χ3n) is 3.07. The third-order valence-corrected chi connectivity index (χ3v) is 4.90. The lowest BCUT2D eigenvalue weighted by Crippen LogP contribution is -2.19. The molecule has 0 spiro atoms. The van der Waals surface area contributed by atoms with Gasteiger partial charge in [0.25, 0.3) is 0 Å². The van der Waals surface area contributed by atoms with Crippen molar-refractivity contribution in [3.8, 4) is 0 Å². The van der Waals surface area contributed by atoms with Gasteiger partial charge in [-0.25, -0.2) is 0 Å². The van der Waals surface area contributed by atoms with Gasteiger partial charge in [0.05, 0.1) is 0 Å². The molecular weight excluding hydrogens is 250 g/mol. The second kappa shape index (κ2) is 7.30. The van der Waals surface area contributed by atoms with E-state index in [0.717, 1.165) is 16.3 Å². The van der Waals surface area contributed by atoms with Gasteiger partial charge in [0.1, 0.15) is 0 Å². The summed E-state index contributed by atoms with van der Waals surface area (Å²) in [5.74, 6) is 1.09. The predicted octanol–water partition coefficient (Wildman–Crippen LogP) is 4.44. The molecule has 0 bridgehead atoms. The maximum atomic E-state index is 6.17. The van der Waals surface area contributed by atoms with E-state index in [-0.39, 0.29) is 0 Å². The number of nitrogens with one attached hydrogen (secondary N) is 1. The number of rotatable bonds is 6. The maximum absolute atomic E-state index is 6.17. The van der Waals surface area contributed by atoms with E-state index in [1.807, 2.05) is 25.7 Å². The van der Waals surface area contributed by atoms with Gasteiger partial charge in [-0.3, -0.25) is 0 Å². The zero-order valence-electron chi connectivity index (χ0n) is 11.1. The van der Waals surface area contributed by atoms with Crippen molar-refractivity contribution in [2.75, 3.05) is 12.8 Å². The highest BCUT2D eigenvalue weighted by atomic mass is 35.5. The number of hydrogen-bond donors (Lipinski definition) is 1. The smallest absolute Gasteiger partial charge is 0.0438 e. The normalized spacial score (nSPS) is 14.6. The summed E-state index contributed by atoms with van der Waals surface area (Å²) in [5, 5.41) is 4.94. The van der Waals surface area contributed by atoms with Gasteiger partial charge in [0.2, 0.25) is 0 Å². The molecule has 0 saturated heterocycles. The van der Waals surface area contributed by atoms with Crippen LogP contribution < -0.4 is 5.32 Å². The Bertz CT molecular complexity index is 354. The van der Waals surface area contributed by atoms with E-state index >= 15 is 0 Å². The Morgan fingerprint density at radius 1 is 1.41 bits per heavy atom. The van der Waals surface area contributed by atoms with E-state index in [1.165, 1.54) is 12.0 Å². The van der Waals surface area contributed by atoms with Crippen LogP contribution in [-0.2, 0) is 0 Å². The lowest BCUT2D eigenvalue weighted by Gasteiger charge is -2.19. The Hall–Kier alpha value is -0.180. The molecule has 0 amide bonds. The van der Waals surface area contributed by atoms with Crippen molar-refractivity contribution in [1.29, 1.82) is 0 Å². The van der Waals surface area contributed by atoms with Crippen LogP contribution in [0.4, 0.5) is 0 Å². The third kappa shape index (κ3) is 4.53. The van der Waals surface area contributed by atoms with Gasteiger partial charge in [-0.15, -0.1) is 0 Å². The van der Waals surface area contributed by atoms with Crippen LogP contribution in [0, 0.1) is 6.92 Å². The molecule has 3 heteroatoms. The molecule has 2 atom stereocenters. The zero-order valence-corrected chi connectivity index (χ0v) is 12.7. The van der Waals surface area contributed by atoms with E-state index in [9.17, 15) is 0 Å². The Balaban J connectivity index is 2.69. The van der Waals surface area contributed by atoms with Crippen LogP contribution in [0.3, 0.4) is 0 Å². The van der Waals surface area contributed by atoms with E-state index in [1.54, 1.807) is 0 Å². The van der Waals surface area contributed by atoms with Crippen LogP contribution in [0.2, 0.25) is 5.02 Å². The van der Waals surface area contributed by atoms with Gasteiger partial charge >= 0.3 is 0 Å². The summed E-state index contributed by atoms with van der Waals surface area (Å²) in [5.41, 5.74) is 2.42. The summed E-state index contributed by atoms with van der Waals surface area (Å²) < 4.78 is 0. The quantitative estimate of drug-likeness (QED) is 0.821. The molecule has 0 aliphatic rings. The zero-order chi connectivity index (χ0) is 12.8. The molecule has 1 rings (SSSR count). The molecular formula is C14H22ClNS. The van der Waals surface area contributed by atoms with Crippen LogP contribution in [0.25, 0.3) is 0 Å². The summed E-state index contributed by atoms with van der Waals surface area (Å²) >= 11 is 8.18. The summed E-state index contributed by atoms with van der Waals surface area (Å²) in [6, 6.07) is 6.72. The molecule has 2 unspecified atom stereocenters. The Labute approximate surface area is 114 Å². The molecule has 1 N–H and O–H groups in total. The molecule has 0 saturated carbocycles. The SMILES string of the molecule is CCC(C)SCC(NC)c1ccc(C)c(Cl)c1. The fourth-order valence-electron chi connectivity index (χ4n) is 1.55. The predicted molar refractivity (Wildman–Crippen MR) is 80.2 cm³/mol. The van der Waals surface area contributed by atoms with E-state index < -0.39 is 0 Å². The first-order chi connectivity index (χ1) is 8.08. The fourth-order valence-corrected chi connectivity index (χ4v) is 2.86. The van der Waals surface area contributed by atoms with Crippen molar-refractivity contribution in [3.05, 3.63) is 34.3 Å². The van der Waals surface area contributed by atoms with Crippen molar-refractivity contribution in [2.45, 2.75) is 38.5 Å². The number of hydrogen-bond acceptors (Lipinski definition) is 2. The van der Waals surface area contributed by atoms with Crippen LogP contribution in [0.15, 0.2) is 18.2 Å². The van der Waals surface area contributed by atoms with Gasteiger partial charge < -0.3 is 5.32 Å². The number of thioether (sulfide) groups is 1. The molecule has 0 aromatic heterocycles. The highest BCUT2D eigenvalue weighted by Gasteiger charge is 2.12. The standard InChI is InChI=1S/C14H22ClNS/c1-5-11(3)17-9-14(16-4)12-7-6-10(2)13(15)8-12/h6-8,11,14,16H,5,9H2,1-4H3. The van der Waals surface area contributed by atoms with Crippen molar-refractivity contribution in [3.63, 3.8) is 0 Å². The second-order valence-electron chi connectivity index (χ2n) is 4.40. The maximum Gasteiger partial charge on any atom is 0.0438 e.